The van der Waals surface area contributed by atoms with E-state index in [0.29, 0.717) is 38.6 Å². The van der Waals surface area contributed by atoms with E-state index < -0.39 is 18.4 Å². The van der Waals surface area contributed by atoms with E-state index in [-0.39, 0.29) is 24.3 Å². The molecule has 0 radical (unpaired) electrons. The number of benzene rings is 2. The Labute approximate surface area is 234 Å². The topological polar surface area (TPSA) is 77.1 Å². The Kier molecular flexibility index (Phi) is 11.8. The summed E-state index contributed by atoms with van der Waals surface area (Å²) in [6.07, 6.45) is 0.265. The Bertz CT molecular complexity index is 1020. The molecule has 0 saturated carbocycles. The maximum atomic E-state index is 13.8. The summed E-state index contributed by atoms with van der Waals surface area (Å²) >= 11 is 0. The first-order valence-electron chi connectivity index (χ1n) is 14.4. The third-order valence-corrected chi connectivity index (χ3v) is 7.00. The highest BCUT2D eigenvalue weighted by molar-refractivity contribution is 5.86. The van der Waals surface area contributed by atoms with Gasteiger partial charge in [-0.2, -0.15) is 0 Å². The van der Waals surface area contributed by atoms with E-state index in [9.17, 15) is 9.59 Å². The number of nitrogens with zero attached hydrogens (tertiary/aromatic N) is 1. The molecule has 2 aromatic carbocycles. The van der Waals surface area contributed by atoms with Gasteiger partial charge in [0.05, 0.1) is 6.54 Å². The van der Waals surface area contributed by atoms with E-state index in [1.54, 1.807) is 4.90 Å². The second-order valence-corrected chi connectivity index (χ2v) is 11.0. The van der Waals surface area contributed by atoms with Gasteiger partial charge in [-0.3, -0.25) is 4.79 Å². The van der Waals surface area contributed by atoms with Crippen molar-refractivity contribution < 1.29 is 23.8 Å². The van der Waals surface area contributed by atoms with Gasteiger partial charge in [-0.1, -0.05) is 76.2 Å². The molecule has 1 aliphatic carbocycles. The van der Waals surface area contributed by atoms with Crippen molar-refractivity contribution in [2.45, 2.75) is 72.6 Å². The third kappa shape index (κ3) is 8.54. The van der Waals surface area contributed by atoms with Crippen molar-refractivity contribution in [3.05, 3.63) is 59.7 Å². The Morgan fingerprint density at radius 2 is 1.44 bits per heavy atom. The van der Waals surface area contributed by atoms with E-state index in [1.165, 1.54) is 11.1 Å². The molecule has 0 unspecified atom stereocenters. The van der Waals surface area contributed by atoms with Crippen molar-refractivity contribution in [2.75, 3.05) is 32.9 Å². The number of fused-ring (bicyclic) bond motifs is 3. The Morgan fingerprint density at radius 1 is 0.872 bits per heavy atom. The van der Waals surface area contributed by atoms with Gasteiger partial charge in [0.25, 0.3) is 0 Å². The Balaban J connectivity index is 1.71. The van der Waals surface area contributed by atoms with Gasteiger partial charge in [0.15, 0.2) is 6.29 Å². The Hall–Kier alpha value is -2.90. The fourth-order valence-corrected chi connectivity index (χ4v) is 5.11. The van der Waals surface area contributed by atoms with Crippen molar-refractivity contribution in [1.82, 2.24) is 10.2 Å². The van der Waals surface area contributed by atoms with Crippen LogP contribution in [0.4, 0.5) is 4.79 Å². The normalized spacial score (nSPS) is 13.5. The molecule has 0 aromatic heterocycles. The monoisotopic (exact) mass is 538 g/mol. The first-order valence-corrected chi connectivity index (χ1v) is 14.4. The van der Waals surface area contributed by atoms with Crippen molar-refractivity contribution in [3.63, 3.8) is 0 Å². The molecule has 0 fully saturated rings. The molecule has 2 amide bonds. The molecular weight excluding hydrogens is 492 g/mol. The molecule has 2 aromatic rings. The summed E-state index contributed by atoms with van der Waals surface area (Å²) in [5.41, 5.74) is 4.65. The van der Waals surface area contributed by atoms with Crippen LogP contribution in [0, 0.1) is 11.8 Å². The van der Waals surface area contributed by atoms with E-state index in [0.717, 1.165) is 17.5 Å². The molecule has 3 rings (SSSR count). The molecular formula is C32H46N2O5. The maximum Gasteiger partial charge on any atom is 0.407 e. The summed E-state index contributed by atoms with van der Waals surface area (Å²) in [5.74, 6) is 0.455. The van der Waals surface area contributed by atoms with Crippen molar-refractivity contribution in [3.8, 4) is 11.1 Å². The Morgan fingerprint density at radius 3 is 1.95 bits per heavy atom. The number of ether oxygens (including phenoxy) is 3. The number of carbonyl (C=O) groups is 2. The zero-order valence-electron chi connectivity index (χ0n) is 24.4. The fourth-order valence-electron chi connectivity index (χ4n) is 5.11. The number of nitrogens with one attached hydrogen (secondary N) is 1. The molecule has 7 heteroatoms. The van der Waals surface area contributed by atoms with Gasteiger partial charge < -0.3 is 24.4 Å². The summed E-state index contributed by atoms with van der Waals surface area (Å²) < 4.78 is 17.2. The number of alkyl carbamates (subject to hydrolysis) is 1. The van der Waals surface area contributed by atoms with Crippen molar-refractivity contribution >= 4 is 12.0 Å². The number of rotatable bonds is 15. The lowest BCUT2D eigenvalue weighted by atomic mass is 9.98. The predicted molar refractivity (Wildman–Crippen MR) is 155 cm³/mol. The quantitative estimate of drug-likeness (QED) is 0.273. The zero-order valence-corrected chi connectivity index (χ0v) is 24.4. The average Bonchev–Trinajstić information content (AvgIpc) is 3.22. The maximum absolute atomic E-state index is 13.8. The summed E-state index contributed by atoms with van der Waals surface area (Å²) in [6.45, 7) is 14.2. The van der Waals surface area contributed by atoms with Gasteiger partial charge in [0, 0.05) is 25.7 Å². The van der Waals surface area contributed by atoms with Crippen LogP contribution in [0.15, 0.2) is 48.5 Å². The minimum absolute atomic E-state index is 0.0388. The lowest BCUT2D eigenvalue weighted by molar-refractivity contribution is -0.160. The van der Waals surface area contributed by atoms with Crippen molar-refractivity contribution in [2.24, 2.45) is 11.8 Å². The van der Waals surface area contributed by atoms with Crippen molar-refractivity contribution in [1.29, 1.82) is 0 Å². The second kappa shape index (κ2) is 15.0. The van der Waals surface area contributed by atoms with Gasteiger partial charge >= 0.3 is 6.09 Å². The largest absolute Gasteiger partial charge is 0.449 e. The van der Waals surface area contributed by atoms with Gasteiger partial charge in [-0.15, -0.1) is 0 Å². The summed E-state index contributed by atoms with van der Waals surface area (Å²) in [5, 5.41) is 2.89. The van der Waals surface area contributed by atoms with E-state index in [1.807, 2.05) is 52.0 Å². The highest BCUT2D eigenvalue weighted by Crippen LogP contribution is 2.44. The second-order valence-electron chi connectivity index (χ2n) is 11.0. The molecule has 0 saturated heterocycles. The van der Waals surface area contributed by atoms with Gasteiger partial charge in [0.2, 0.25) is 5.91 Å². The standard InChI is InChI=1S/C32H46N2O5/c1-7-37-30(38-8-2)20-34(18-17-22(3)4)31(35)29(19-23(5)6)33-32(36)39-21-28-26-15-11-9-13-24(26)25-14-10-12-16-27(25)28/h9-16,22-23,28-30H,7-8,17-21H2,1-6H3,(H,33,36)/t29-/m0/s1. The molecule has 1 atom stereocenters. The molecule has 7 nitrogen and oxygen atoms in total. The van der Waals surface area contributed by atoms with Crippen LogP contribution in [-0.4, -0.2) is 62.1 Å². The van der Waals surface area contributed by atoms with E-state index in [4.69, 9.17) is 14.2 Å². The number of carbonyl (C=O) groups excluding carboxylic acids is 2. The summed E-state index contributed by atoms with van der Waals surface area (Å²) in [4.78, 5) is 28.7. The van der Waals surface area contributed by atoms with Crippen LogP contribution in [0.2, 0.25) is 0 Å². The van der Waals surface area contributed by atoms with Crippen LogP contribution in [0.3, 0.4) is 0 Å². The van der Waals surface area contributed by atoms with Gasteiger partial charge in [0.1, 0.15) is 12.6 Å². The van der Waals surface area contributed by atoms with E-state index >= 15 is 0 Å². The van der Waals surface area contributed by atoms with Crippen LogP contribution in [0.5, 0.6) is 0 Å². The number of hydrogen-bond acceptors (Lipinski definition) is 5. The summed E-state index contributed by atoms with van der Waals surface area (Å²) in [7, 11) is 0. The highest BCUT2D eigenvalue weighted by Gasteiger charge is 2.32. The van der Waals surface area contributed by atoms with Gasteiger partial charge in [-0.05, 0) is 60.8 Å². The first kappa shape index (κ1) is 30.6. The summed E-state index contributed by atoms with van der Waals surface area (Å²) in [6, 6.07) is 15.8. The van der Waals surface area contributed by atoms with Crippen LogP contribution in [0.25, 0.3) is 11.1 Å². The van der Waals surface area contributed by atoms with E-state index in [2.05, 4.69) is 43.4 Å². The number of hydrogen-bond donors (Lipinski definition) is 1. The fraction of sp³-hybridized carbons (Fsp3) is 0.562. The minimum Gasteiger partial charge on any atom is -0.449 e. The smallest absolute Gasteiger partial charge is 0.407 e. The lowest BCUT2D eigenvalue weighted by Gasteiger charge is -2.32. The first-order chi connectivity index (χ1) is 18.7. The highest BCUT2D eigenvalue weighted by atomic mass is 16.7. The third-order valence-electron chi connectivity index (χ3n) is 7.00. The van der Waals surface area contributed by atoms with Crippen LogP contribution in [0.1, 0.15) is 71.4 Å². The molecule has 0 heterocycles. The SMILES string of the molecule is CCOC(CN(CCC(C)C)C(=O)[C@H](CC(C)C)NC(=O)OCC1c2ccccc2-c2ccccc21)OCC. The molecule has 1 aliphatic rings. The molecule has 0 spiro atoms. The molecule has 1 N–H and O–H groups in total. The minimum atomic E-state index is -0.697. The van der Waals surface area contributed by atoms with Gasteiger partial charge in [-0.25, -0.2) is 4.79 Å². The molecule has 0 bridgehead atoms. The lowest BCUT2D eigenvalue weighted by Crippen LogP contribution is -2.52. The molecule has 214 valence electrons. The zero-order chi connectivity index (χ0) is 28.4. The molecule has 0 aliphatic heterocycles. The van der Waals surface area contributed by atoms with Crippen LogP contribution < -0.4 is 5.32 Å². The molecule has 39 heavy (non-hydrogen) atoms. The predicted octanol–water partition coefficient (Wildman–Crippen LogP) is 6.21. The average molecular weight is 539 g/mol. The number of amides is 2. The van der Waals surface area contributed by atoms with Crippen LogP contribution in [-0.2, 0) is 19.0 Å². The van der Waals surface area contributed by atoms with Crippen LogP contribution >= 0.6 is 0 Å².